The molecule has 1 fully saturated rings. The average Bonchev–Trinajstić information content (AvgIpc) is 2.76. The standard InChI is InChI=1S/C11H17F3N4OS/c1-10(2)7-18(5-6-19-10)4-3-15-9-16-8(17-20-9)11(12,13)14/h3-7H2,1-2H3,(H,15,16,17). The van der Waals surface area contributed by atoms with Gasteiger partial charge in [0.15, 0.2) is 0 Å². The smallest absolute Gasteiger partial charge is 0.373 e. The number of nitrogens with one attached hydrogen (secondary N) is 1. The van der Waals surface area contributed by atoms with Crippen LogP contribution < -0.4 is 5.32 Å². The molecule has 1 aliphatic heterocycles. The van der Waals surface area contributed by atoms with Crippen LogP contribution in [0.25, 0.3) is 0 Å². The van der Waals surface area contributed by atoms with Crippen LogP contribution in [0, 0.1) is 0 Å². The number of nitrogens with zero attached hydrogens (tertiary/aromatic N) is 3. The highest BCUT2D eigenvalue weighted by Gasteiger charge is 2.36. The van der Waals surface area contributed by atoms with Gasteiger partial charge in [0.25, 0.3) is 0 Å². The molecule has 1 aromatic heterocycles. The fourth-order valence-electron chi connectivity index (χ4n) is 2.04. The van der Waals surface area contributed by atoms with Gasteiger partial charge in [-0.3, -0.25) is 4.90 Å². The highest BCUT2D eigenvalue weighted by atomic mass is 32.1. The number of hydrogen-bond donors (Lipinski definition) is 1. The van der Waals surface area contributed by atoms with Gasteiger partial charge in [0.1, 0.15) is 0 Å². The van der Waals surface area contributed by atoms with Crippen molar-refractivity contribution in [3.63, 3.8) is 0 Å². The number of ether oxygens (including phenoxy) is 1. The van der Waals surface area contributed by atoms with E-state index in [1.54, 1.807) is 0 Å². The van der Waals surface area contributed by atoms with E-state index in [4.69, 9.17) is 4.74 Å². The molecule has 9 heteroatoms. The molecular weight excluding hydrogens is 293 g/mol. The third kappa shape index (κ3) is 4.29. The molecule has 0 atom stereocenters. The number of rotatable bonds is 4. The van der Waals surface area contributed by atoms with Crippen molar-refractivity contribution < 1.29 is 17.9 Å². The molecule has 0 aromatic carbocycles. The zero-order valence-corrected chi connectivity index (χ0v) is 12.1. The van der Waals surface area contributed by atoms with Gasteiger partial charge in [-0.05, 0) is 13.8 Å². The molecule has 0 saturated carbocycles. The van der Waals surface area contributed by atoms with Crippen LogP contribution in [-0.4, -0.2) is 52.6 Å². The lowest BCUT2D eigenvalue weighted by atomic mass is 10.1. The Labute approximate surface area is 119 Å². The topological polar surface area (TPSA) is 50.3 Å². The Morgan fingerprint density at radius 3 is 2.80 bits per heavy atom. The minimum Gasteiger partial charge on any atom is -0.373 e. The molecule has 5 nitrogen and oxygen atoms in total. The second-order valence-electron chi connectivity index (χ2n) is 5.23. The van der Waals surface area contributed by atoms with Crippen LogP contribution >= 0.6 is 11.5 Å². The molecule has 0 aliphatic carbocycles. The van der Waals surface area contributed by atoms with Crippen LogP contribution in [0.3, 0.4) is 0 Å². The van der Waals surface area contributed by atoms with Gasteiger partial charge in [-0.25, -0.2) is 0 Å². The zero-order valence-electron chi connectivity index (χ0n) is 11.3. The summed E-state index contributed by atoms with van der Waals surface area (Å²) in [7, 11) is 0. The minimum absolute atomic E-state index is 0.176. The van der Waals surface area contributed by atoms with Crippen LogP contribution in [0.15, 0.2) is 0 Å². The lowest BCUT2D eigenvalue weighted by molar-refractivity contribution is -0.144. The Morgan fingerprint density at radius 1 is 1.45 bits per heavy atom. The van der Waals surface area contributed by atoms with Crippen molar-refractivity contribution in [3.8, 4) is 0 Å². The van der Waals surface area contributed by atoms with E-state index in [2.05, 4.69) is 19.6 Å². The number of hydrogen-bond acceptors (Lipinski definition) is 6. The van der Waals surface area contributed by atoms with Crippen molar-refractivity contribution in [1.82, 2.24) is 14.3 Å². The zero-order chi connectivity index (χ0) is 14.8. The van der Waals surface area contributed by atoms with Gasteiger partial charge in [0.05, 0.1) is 12.2 Å². The Hall–Kier alpha value is -0.930. The predicted molar refractivity (Wildman–Crippen MR) is 69.9 cm³/mol. The fraction of sp³-hybridized carbons (Fsp3) is 0.818. The van der Waals surface area contributed by atoms with Gasteiger partial charge in [-0.2, -0.15) is 22.5 Å². The average molecular weight is 310 g/mol. The molecule has 2 heterocycles. The minimum atomic E-state index is -4.48. The first-order valence-electron chi connectivity index (χ1n) is 6.27. The Morgan fingerprint density at radius 2 is 2.20 bits per heavy atom. The molecule has 20 heavy (non-hydrogen) atoms. The van der Waals surface area contributed by atoms with Gasteiger partial charge in [-0.15, -0.1) is 0 Å². The third-order valence-electron chi connectivity index (χ3n) is 2.89. The lowest BCUT2D eigenvalue weighted by Crippen LogP contribution is -2.49. The first kappa shape index (κ1) is 15.5. The van der Waals surface area contributed by atoms with Crippen molar-refractivity contribution in [1.29, 1.82) is 0 Å². The van der Waals surface area contributed by atoms with E-state index in [-0.39, 0.29) is 10.7 Å². The molecular formula is C11H17F3N4OS. The molecule has 2 rings (SSSR count). The molecule has 1 N–H and O–H groups in total. The third-order valence-corrected chi connectivity index (χ3v) is 3.56. The van der Waals surface area contributed by atoms with Gasteiger partial charge >= 0.3 is 6.18 Å². The van der Waals surface area contributed by atoms with Crippen molar-refractivity contribution in [2.45, 2.75) is 25.6 Å². The number of anilines is 1. The highest BCUT2D eigenvalue weighted by molar-refractivity contribution is 7.09. The number of alkyl halides is 3. The summed E-state index contributed by atoms with van der Waals surface area (Å²) >= 11 is 0.727. The van der Waals surface area contributed by atoms with Crippen molar-refractivity contribution in [2.24, 2.45) is 0 Å². The quantitative estimate of drug-likeness (QED) is 0.923. The predicted octanol–water partition coefficient (Wildman–Crippen LogP) is 2.08. The van der Waals surface area contributed by atoms with Crippen LogP contribution in [0.2, 0.25) is 0 Å². The van der Waals surface area contributed by atoms with Crippen molar-refractivity contribution >= 4 is 16.7 Å². The van der Waals surface area contributed by atoms with Crippen LogP contribution in [0.4, 0.5) is 18.3 Å². The Kier molecular flexibility index (Phi) is 4.50. The first-order valence-corrected chi connectivity index (χ1v) is 7.05. The molecule has 0 unspecified atom stereocenters. The summed E-state index contributed by atoms with van der Waals surface area (Å²) in [5, 5.41) is 3.07. The van der Waals surface area contributed by atoms with E-state index in [1.807, 2.05) is 13.8 Å². The maximum absolute atomic E-state index is 12.3. The second-order valence-corrected chi connectivity index (χ2v) is 5.98. The Bertz CT molecular complexity index is 449. The number of morpholine rings is 1. The summed E-state index contributed by atoms with van der Waals surface area (Å²) < 4.78 is 45.9. The highest BCUT2D eigenvalue weighted by Crippen LogP contribution is 2.28. The number of aromatic nitrogens is 2. The summed E-state index contributed by atoms with van der Waals surface area (Å²) in [6.07, 6.45) is -4.48. The summed E-state index contributed by atoms with van der Waals surface area (Å²) in [6.45, 7) is 7.60. The largest absolute Gasteiger partial charge is 0.452 e. The molecule has 0 radical (unpaired) electrons. The van der Waals surface area contributed by atoms with Crippen molar-refractivity contribution in [2.75, 3.05) is 38.1 Å². The summed E-state index contributed by atoms with van der Waals surface area (Å²) in [5.74, 6) is -1.09. The van der Waals surface area contributed by atoms with Crippen LogP contribution in [0.1, 0.15) is 19.7 Å². The van der Waals surface area contributed by atoms with E-state index in [0.717, 1.165) is 31.2 Å². The normalized spacial score (nSPS) is 20.1. The summed E-state index contributed by atoms with van der Waals surface area (Å²) in [5.41, 5.74) is -0.176. The van der Waals surface area contributed by atoms with Gasteiger partial charge in [0, 0.05) is 37.7 Å². The van der Waals surface area contributed by atoms with E-state index in [9.17, 15) is 13.2 Å². The molecule has 0 amide bonds. The number of halogens is 3. The van der Waals surface area contributed by atoms with E-state index in [1.165, 1.54) is 0 Å². The van der Waals surface area contributed by atoms with Crippen LogP contribution in [-0.2, 0) is 10.9 Å². The molecule has 0 bridgehead atoms. The van der Waals surface area contributed by atoms with E-state index >= 15 is 0 Å². The molecule has 1 aromatic rings. The molecule has 1 aliphatic rings. The Balaban J connectivity index is 1.77. The van der Waals surface area contributed by atoms with E-state index < -0.39 is 12.0 Å². The molecule has 0 spiro atoms. The first-order chi connectivity index (χ1) is 9.26. The van der Waals surface area contributed by atoms with Crippen molar-refractivity contribution in [3.05, 3.63) is 5.82 Å². The maximum atomic E-state index is 12.3. The molecule has 114 valence electrons. The summed E-state index contributed by atoms with van der Waals surface area (Å²) in [4.78, 5) is 5.63. The monoisotopic (exact) mass is 310 g/mol. The fourth-order valence-corrected chi connectivity index (χ4v) is 2.65. The SMILES string of the molecule is CC1(C)CN(CCNc2nc(C(F)(F)F)ns2)CCO1. The maximum Gasteiger partial charge on any atom is 0.452 e. The lowest BCUT2D eigenvalue weighted by Gasteiger charge is -2.38. The van der Waals surface area contributed by atoms with Crippen LogP contribution in [0.5, 0.6) is 0 Å². The van der Waals surface area contributed by atoms with Gasteiger partial charge in [-0.1, -0.05) is 0 Å². The molecule has 1 saturated heterocycles. The van der Waals surface area contributed by atoms with Gasteiger partial charge in [0.2, 0.25) is 11.0 Å². The summed E-state index contributed by atoms with van der Waals surface area (Å²) in [6, 6.07) is 0. The van der Waals surface area contributed by atoms with E-state index in [0.29, 0.717) is 13.2 Å². The second kappa shape index (κ2) is 5.82. The van der Waals surface area contributed by atoms with Gasteiger partial charge < -0.3 is 10.1 Å².